The first-order valence-corrected chi connectivity index (χ1v) is 6.49. The van der Waals surface area contributed by atoms with Crippen LogP contribution >= 0.6 is 0 Å². The van der Waals surface area contributed by atoms with Crippen molar-refractivity contribution in [2.75, 3.05) is 11.1 Å². The van der Waals surface area contributed by atoms with Crippen LogP contribution in [0.3, 0.4) is 0 Å². The average molecular weight is 287 g/mol. The number of nitrogen functional groups attached to an aromatic ring is 1. The van der Waals surface area contributed by atoms with Gasteiger partial charge in [0.15, 0.2) is 5.75 Å². The molecule has 0 radical (unpaired) electrons. The second-order valence-electron chi connectivity index (χ2n) is 4.72. The highest BCUT2D eigenvalue weighted by molar-refractivity contribution is 6.07. The number of nitrogens with one attached hydrogen (secondary N) is 1. The van der Waals surface area contributed by atoms with Crippen molar-refractivity contribution in [3.63, 3.8) is 0 Å². The molecule has 2 rings (SSSR count). The molecule has 0 atom stereocenters. The highest BCUT2D eigenvalue weighted by atomic mass is 16.5. The Kier molecular flexibility index (Phi) is 4.27. The van der Waals surface area contributed by atoms with Crippen LogP contribution in [0.15, 0.2) is 36.5 Å². The topological polar surface area (TPSA) is 97.5 Å². The van der Waals surface area contributed by atoms with Crippen LogP contribution in [-0.2, 0) is 0 Å². The highest BCUT2D eigenvalue weighted by Gasteiger charge is 2.15. The Labute approximate surface area is 122 Å². The van der Waals surface area contributed by atoms with Gasteiger partial charge in [-0.05, 0) is 38.1 Å². The normalized spacial score (nSPS) is 10.4. The van der Waals surface area contributed by atoms with Crippen LogP contribution in [-0.4, -0.2) is 22.1 Å². The minimum absolute atomic E-state index is 0.0728. The number of ether oxygens (including phenoxy) is 1. The van der Waals surface area contributed by atoms with Crippen LogP contribution in [0.25, 0.3) is 0 Å². The quantitative estimate of drug-likeness (QED) is 0.592. The zero-order valence-corrected chi connectivity index (χ0v) is 11.8. The number of aromatic nitrogens is 1. The van der Waals surface area contributed by atoms with Crippen LogP contribution in [0.4, 0.5) is 11.4 Å². The Morgan fingerprint density at radius 3 is 2.81 bits per heavy atom. The Bertz CT molecular complexity index is 656. The molecule has 0 aliphatic rings. The van der Waals surface area contributed by atoms with Crippen LogP contribution < -0.4 is 15.8 Å². The molecule has 1 aromatic heterocycles. The molecule has 0 aliphatic heterocycles. The van der Waals surface area contributed by atoms with Crippen molar-refractivity contribution < 1.29 is 14.6 Å². The molecule has 1 amide bonds. The summed E-state index contributed by atoms with van der Waals surface area (Å²) in [5.41, 5.74) is 6.25. The Morgan fingerprint density at radius 2 is 2.10 bits per heavy atom. The third-order valence-electron chi connectivity index (χ3n) is 2.68. The van der Waals surface area contributed by atoms with Crippen molar-refractivity contribution in [1.29, 1.82) is 0 Å². The summed E-state index contributed by atoms with van der Waals surface area (Å²) in [5.74, 6) is -0.407. The van der Waals surface area contributed by atoms with E-state index in [1.165, 1.54) is 12.1 Å². The Hall–Kier alpha value is -2.76. The predicted octanol–water partition coefficient (Wildman–Crippen LogP) is 2.41. The molecule has 0 saturated carbocycles. The number of hydrogen-bond donors (Lipinski definition) is 3. The first kappa shape index (κ1) is 14.6. The summed E-state index contributed by atoms with van der Waals surface area (Å²) in [6, 6.07) is 7.95. The second kappa shape index (κ2) is 6.13. The van der Waals surface area contributed by atoms with Gasteiger partial charge in [-0.2, -0.15) is 0 Å². The number of anilines is 2. The fraction of sp³-hybridized carbons (Fsp3) is 0.200. The van der Waals surface area contributed by atoms with E-state index in [1.54, 1.807) is 24.4 Å². The number of nitrogens with two attached hydrogens (primary N) is 1. The van der Waals surface area contributed by atoms with Gasteiger partial charge in [-0.3, -0.25) is 4.79 Å². The Morgan fingerprint density at radius 1 is 1.33 bits per heavy atom. The van der Waals surface area contributed by atoms with E-state index in [-0.39, 0.29) is 23.1 Å². The lowest BCUT2D eigenvalue weighted by atomic mass is 10.1. The third kappa shape index (κ3) is 3.42. The molecule has 6 heteroatoms. The maximum absolute atomic E-state index is 12.2. The number of nitrogens with zero attached hydrogens (tertiary/aromatic N) is 1. The molecule has 21 heavy (non-hydrogen) atoms. The van der Waals surface area contributed by atoms with E-state index in [4.69, 9.17) is 10.5 Å². The second-order valence-corrected chi connectivity index (χ2v) is 4.72. The number of pyridine rings is 1. The van der Waals surface area contributed by atoms with Gasteiger partial charge in [-0.1, -0.05) is 6.07 Å². The van der Waals surface area contributed by atoms with E-state index in [9.17, 15) is 9.90 Å². The number of hydrogen-bond acceptors (Lipinski definition) is 5. The van der Waals surface area contributed by atoms with E-state index in [2.05, 4.69) is 10.3 Å². The van der Waals surface area contributed by atoms with Gasteiger partial charge in [0.25, 0.3) is 5.91 Å². The average Bonchev–Trinajstić information content (AvgIpc) is 2.43. The molecular weight excluding hydrogens is 270 g/mol. The summed E-state index contributed by atoms with van der Waals surface area (Å²) in [6.07, 6.45) is 1.50. The van der Waals surface area contributed by atoms with E-state index in [1.807, 2.05) is 13.8 Å². The molecule has 0 unspecified atom stereocenters. The van der Waals surface area contributed by atoms with Crippen molar-refractivity contribution in [2.24, 2.45) is 0 Å². The molecule has 0 fully saturated rings. The van der Waals surface area contributed by atoms with Crippen LogP contribution in [0.2, 0.25) is 0 Å². The molecule has 110 valence electrons. The summed E-state index contributed by atoms with van der Waals surface area (Å²) in [5, 5.41) is 12.5. The van der Waals surface area contributed by atoms with Gasteiger partial charge in [0, 0.05) is 6.20 Å². The minimum Gasteiger partial charge on any atom is -0.505 e. The maximum atomic E-state index is 12.2. The van der Waals surface area contributed by atoms with E-state index >= 15 is 0 Å². The highest BCUT2D eigenvalue weighted by Crippen LogP contribution is 2.27. The smallest absolute Gasteiger partial charge is 0.259 e. The van der Waals surface area contributed by atoms with Crippen molar-refractivity contribution in [3.05, 3.63) is 42.1 Å². The molecule has 0 spiro atoms. The van der Waals surface area contributed by atoms with Crippen molar-refractivity contribution >= 4 is 17.3 Å². The van der Waals surface area contributed by atoms with Gasteiger partial charge < -0.3 is 20.9 Å². The number of para-hydroxylation sites is 1. The summed E-state index contributed by atoms with van der Waals surface area (Å²) < 4.78 is 5.52. The lowest BCUT2D eigenvalue weighted by molar-refractivity contribution is 0.102. The van der Waals surface area contributed by atoms with Gasteiger partial charge in [0.2, 0.25) is 5.88 Å². The Balaban J connectivity index is 2.26. The molecule has 1 heterocycles. The van der Waals surface area contributed by atoms with Crippen LogP contribution in [0.5, 0.6) is 11.6 Å². The first-order valence-electron chi connectivity index (χ1n) is 6.49. The largest absolute Gasteiger partial charge is 0.505 e. The maximum Gasteiger partial charge on any atom is 0.259 e. The molecule has 4 N–H and O–H groups in total. The summed E-state index contributed by atoms with van der Waals surface area (Å²) >= 11 is 0. The predicted molar refractivity (Wildman–Crippen MR) is 80.5 cm³/mol. The first-order chi connectivity index (χ1) is 9.99. The van der Waals surface area contributed by atoms with E-state index < -0.39 is 5.91 Å². The number of phenolic OH excluding ortho intramolecular Hbond substituents is 1. The summed E-state index contributed by atoms with van der Waals surface area (Å²) in [7, 11) is 0. The SMILES string of the molecule is CC(C)Oc1ncccc1NC(=O)c1cccc(N)c1O. The van der Waals surface area contributed by atoms with Gasteiger partial charge in [0.1, 0.15) is 5.69 Å². The molecule has 6 nitrogen and oxygen atoms in total. The fourth-order valence-electron chi connectivity index (χ4n) is 1.74. The number of rotatable bonds is 4. The van der Waals surface area contributed by atoms with E-state index in [0.29, 0.717) is 11.6 Å². The molecule has 0 bridgehead atoms. The standard InChI is InChI=1S/C15H17N3O3/c1-9(2)21-15-12(7-4-8-17-15)18-14(20)10-5-3-6-11(16)13(10)19/h3-9,19H,16H2,1-2H3,(H,18,20). The van der Waals surface area contributed by atoms with Gasteiger partial charge in [-0.25, -0.2) is 4.98 Å². The molecule has 0 aliphatic carbocycles. The number of carbonyl (C=O) groups excluding carboxylic acids is 1. The third-order valence-corrected chi connectivity index (χ3v) is 2.68. The van der Waals surface area contributed by atoms with Crippen LogP contribution in [0.1, 0.15) is 24.2 Å². The monoisotopic (exact) mass is 287 g/mol. The van der Waals surface area contributed by atoms with Gasteiger partial charge >= 0.3 is 0 Å². The minimum atomic E-state index is -0.485. The molecule has 1 aromatic carbocycles. The number of phenols is 1. The molecule has 2 aromatic rings. The van der Waals surface area contributed by atoms with Crippen molar-refractivity contribution in [2.45, 2.75) is 20.0 Å². The van der Waals surface area contributed by atoms with E-state index in [0.717, 1.165) is 0 Å². The van der Waals surface area contributed by atoms with Crippen molar-refractivity contribution in [3.8, 4) is 11.6 Å². The summed E-state index contributed by atoms with van der Waals surface area (Å²) in [6.45, 7) is 3.73. The number of benzene rings is 1. The van der Waals surface area contributed by atoms with Crippen molar-refractivity contribution in [1.82, 2.24) is 4.98 Å². The fourth-order valence-corrected chi connectivity index (χ4v) is 1.74. The molecular formula is C15H17N3O3. The zero-order valence-electron chi connectivity index (χ0n) is 11.8. The van der Waals surface area contributed by atoms with Gasteiger partial charge in [0.05, 0.1) is 17.4 Å². The summed E-state index contributed by atoms with van der Waals surface area (Å²) in [4.78, 5) is 16.3. The zero-order chi connectivity index (χ0) is 15.4. The lowest BCUT2D eigenvalue weighted by Crippen LogP contribution is -2.15. The number of carbonyl (C=O) groups is 1. The number of aromatic hydroxyl groups is 1. The lowest BCUT2D eigenvalue weighted by Gasteiger charge is -2.14. The molecule has 0 saturated heterocycles. The number of amides is 1. The van der Waals surface area contributed by atoms with Gasteiger partial charge in [-0.15, -0.1) is 0 Å². The van der Waals surface area contributed by atoms with Crippen LogP contribution in [0, 0.1) is 0 Å².